The van der Waals surface area contributed by atoms with Crippen molar-refractivity contribution < 1.29 is 4.79 Å². The van der Waals surface area contributed by atoms with Crippen molar-refractivity contribution in [3.8, 4) is 0 Å². The summed E-state index contributed by atoms with van der Waals surface area (Å²) in [6.45, 7) is 5.70. The smallest absolute Gasteiger partial charge is 0.276 e. The maximum Gasteiger partial charge on any atom is 0.276 e. The van der Waals surface area contributed by atoms with Gasteiger partial charge >= 0.3 is 0 Å². The Morgan fingerprint density at radius 2 is 2.56 bits per heavy atom. The molecule has 1 fully saturated rings. The number of nitrogens with zero attached hydrogens (tertiary/aromatic N) is 2. The molecule has 2 heterocycles. The SMILES string of the molecule is CC1CCCN(CCc2ncc(C(=O)NN)s2)C1. The van der Waals surface area contributed by atoms with E-state index in [1.165, 1.54) is 37.3 Å². The van der Waals surface area contributed by atoms with Crippen molar-refractivity contribution in [2.45, 2.75) is 26.2 Å². The highest BCUT2D eigenvalue weighted by atomic mass is 32.1. The third kappa shape index (κ3) is 3.51. The molecule has 1 aromatic heterocycles. The normalized spacial score (nSPS) is 20.9. The number of likely N-dealkylation sites (tertiary alicyclic amines) is 1. The standard InChI is InChI=1S/C12H20N4OS/c1-9-3-2-5-16(8-9)6-4-11-14-7-10(18-11)12(17)15-13/h7,9H,2-6,8,13H2,1H3,(H,15,17). The maximum atomic E-state index is 11.3. The lowest BCUT2D eigenvalue weighted by molar-refractivity contribution is 0.0957. The second-order valence-corrected chi connectivity index (χ2v) is 6.00. The number of hydrogen-bond donors (Lipinski definition) is 2. The molecule has 0 radical (unpaired) electrons. The van der Waals surface area contributed by atoms with Crippen LogP contribution in [0.4, 0.5) is 0 Å². The lowest BCUT2D eigenvalue weighted by Crippen LogP contribution is -2.35. The van der Waals surface area contributed by atoms with Gasteiger partial charge in [0.2, 0.25) is 0 Å². The molecule has 6 heteroatoms. The van der Waals surface area contributed by atoms with E-state index in [4.69, 9.17) is 5.84 Å². The molecule has 100 valence electrons. The molecule has 2 rings (SSSR count). The molecule has 1 unspecified atom stereocenters. The van der Waals surface area contributed by atoms with Crippen LogP contribution in [0.3, 0.4) is 0 Å². The Balaban J connectivity index is 1.82. The second kappa shape index (κ2) is 6.26. The van der Waals surface area contributed by atoms with Crippen LogP contribution in [0.25, 0.3) is 0 Å². The molecule has 1 aliphatic rings. The Morgan fingerprint density at radius 1 is 1.72 bits per heavy atom. The van der Waals surface area contributed by atoms with Crippen molar-refractivity contribution in [1.82, 2.24) is 15.3 Å². The Bertz CT molecular complexity index is 407. The van der Waals surface area contributed by atoms with Gasteiger partial charge in [0.05, 0.1) is 11.2 Å². The molecule has 1 aromatic rings. The summed E-state index contributed by atoms with van der Waals surface area (Å²) in [6.07, 6.45) is 5.14. The van der Waals surface area contributed by atoms with Crippen LogP contribution >= 0.6 is 11.3 Å². The molecule has 5 nitrogen and oxygen atoms in total. The van der Waals surface area contributed by atoms with Crippen molar-refractivity contribution in [1.29, 1.82) is 0 Å². The number of hydrogen-bond acceptors (Lipinski definition) is 5. The number of nitrogens with one attached hydrogen (secondary N) is 1. The number of aromatic nitrogens is 1. The predicted molar refractivity (Wildman–Crippen MR) is 72.3 cm³/mol. The quantitative estimate of drug-likeness (QED) is 0.486. The van der Waals surface area contributed by atoms with E-state index in [2.05, 4.69) is 22.2 Å². The topological polar surface area (TPSA) is 71.2 Å². The highest BCUT2D eigenvalue weighted by molar-refractivity contribution is 7.13. The Hall–Kier alpha value is -0.980. The summed E-state index contributed by atoms with van der Waals surface area (Å²) in [5.41, 5.74) is 2.13. The fourth-order valence-electron chi connectivity index (χ4n) is 2.35. The first-order valence-corrected chi connectivity index (χ1v) is 7.18. The fourth-order valence-corrected chi connectivity index (χ4v) is 3.16. The summed E-state index contributed by atoms with van der Waals surface area (Å²) in [7, 11) is 0. The second-order valence-electron chi connectivity index (χ2n) is 4.89. The van der Waals surface area contributed by atoms with Crippen LogP contribution in [0.2, 0.25) is 0 Å². The van der Waals surface area contributed by atoms with Crippen LogP contribution in [-0.4, -0.2) is 35.4 Å². The number of amides is 1. The molecule has 0 bridgehead atoms. The zero-order chi connectivity index (χ0) is 13.0. The van der Waals surface area contributed by atoms with Gasteiger partial charge < -0.3 is 4.90 Å². The molecular weight excluding hydrogens is 248 g/mol. The maximum absolute atomic E-state index is 11.3. The van der Waals surface area contributed by atoms with Crippen LogP contribution in [-0.2, 0) is 6.42 Å². The zero-order valence-corrected chi connectivity index (χ0v) is 11.5. The van der Waals surface area contributed by atoms with Crippen molar-refractivity contribution in [3.05, 3.63) is 16.1 Å². The van der Waals surface area contributed by atoms with Crippen LogP contribution in [0, 0.1) is 5.92 Å². The predicted octanol–water partition coefficient (Wildman–Crippen LogP) is 1.02. The van der Waals surface area contributed by atoms with Crippen molar-refractivity contribution >= 4 is 17.2 Å². The summed E-state index contributed by atoms with van der Waals surface area (Å²) in [5, 5.41) is 1.01. The Labute approximate surface area is 111 Å². The van der Waals surface area contributed by atoms with E-state index < -0.39 is 0 Å². The first-order chi connectivity index (χ1) is 8.69. The Kier molecular flexibility index (Phi) is 4.68. The Morgan fingerprint density at radius 3 is 3.28 bits per heavy atom. The first kappa shape index (κ1) is 13.5. The van der Waals surface area contributed by atoms with Gasteiger partial charge in [0.15, 0.2) is 0 Å². The monoisotopic (exact) mass is 268 g/mol. The molecule has 0 aromatic carbocycles. The van der Waals surface area contributed by atoms with Crippen LogP contribution < -0.4 is 11.3 Å². The third-order valence-corrected chi connectivity index (χ3v) is 4.35. The van der Waals surface area contributed by atoms with Crippen LogP contribution in [0.15, 0.2) is 6.20 Å². The van der Waals surface area contributed by atoms with Gasteiger partial charge in [-0.3, -0.25) is 10.2 Å². The largest absolute Gasteiger partial charge is 0.303 e. The van der Waals surface area contributed by atoms with Gasteiger partial charge in [-0.1, -0.05) is 6.92 Å². The number of carbonyl (C=O) groups is 1. The number of nitrogens with two attached hydrogens (primary N) is 1. The van der Waals surface area contributed by atoms with E-state index in [0.717, 1.165) is 23.9 Å². The molecule has 1 amide bonds. The molecule has 0 spiro atoms. The highest BCUT2D eigenvalue weighted by Gasteiger charge is 2.16. The number of rotatable bonds is 4. The molecule has 0 saturated carbocycles. The first-order valence-electron chi connectivity index (χ1n) is 6.37. The average molecular weight is 268 g/mol. The minimum Gasteiger partial charge on any atom is -0.303 e. The van der Waals surface area contributed by atoms with E-state index in [-0.39, 0.29) is 5.91 Å². The lowest BCUT2D eigenvalue weighted by atomic mass is 10.0. The molecule has 0 aliphatic carbocycles. The number of carbonyl (C=O) groups excluding carboxylic acids is 1. The van der Waals surface area contributed by atoms with E-state index in [1.54, 1.807) is 6.20 Å². The van der Waals surface area contributed by atoms with Gasteiger partial charge in [0.25, 0.3) is 5.91 Å². The molecule has 1 atom stereocenters. The van der Waals surface area contributed by atoms with Crippen LogP contribution in [0.1, 0.15) is 34.4 Å². The van der Waals surface area contributed by atoms with E-state index in [1.807, 2.05) is 0 Å². The third-order valence-electron chi connectivity index (χ3n) is 3.29. The summed E-state index contributed by atoms with van der Waals surface area (Å²) in [4.78, 5) is 18.6. The van der Waals surface area contributed by atoms with E-state index in [0.29, 0.717) is 4.88 Å². The van der Waals surface area contributed by atoms with Gasteiger partial charge in [-0.05, 0) is 25.3 Å². The highest BCUT2D eigenvalue weighted by Crippen LogP contribution is 2.17. The minimum atomic E-state index is -0.259. The summed E-state index contributed by atoms with van der Waals surface area (Å²) >= 11 is 1.43. The minimum absolute atomic E-state index is 0.259. The fraction of sp³-hybridized carbons (Fsp3) is 0.667. The van der Waals surface area contributed by atoms with Gasteiger partial charge in [0, 0.05) is 19.5 Å². The van der Waals surface area contributed by atoms with Crippen molar-refractivity contribution in [2.24, 2.45) is 11.8 Å². The molecular formula is C12H20N4OS. The van der Waals surface area contributed by atoms with Crippen LogP contribution in [0.5, 0.6) is 0 Å². The van der Waals surface area contributed by atoms with E-state index >= 15 is 0 Å². The lowest BCUT2D eigenvalue weighted by Gasteiger charge is -2.30. The van der Waals surface area contributed by atoms with Gasteiger partial charge in [-0.25, -0.2) is 10.8 Å². The van der Waals surface area contributed by atoms with Gasteiger partial charge in [0.1, 0.15) is 4.88 Å². The summed E-state index contributed by atoms with van der Waals surface area (Å²) in [5.74, 6) is 5.63. The van der Waals surface area contributed by atoms with E-state index in [9.17, 15) is 4.79 Å². The zero-order valence-electron chi connectivity index (χ0n) is 10.7. The average Bonchev–Trinajstić information content (AvgIpc) is 2.84. The molecule has 3 N–H and O–H groups in total. The number of nitrogen functional groups attached to an aromatic ring is 1. The molecule has 18 heavy (non-hydrogen) atoms. The van der Waals surface area contributed by atoms with Gasteiger partial charge in [-0.15, -0.1) is 11.3 Å². The summed E-state index contributed by atoms with van der Waals surface area (Å²) < 4.78 is 0. The molecule has 1 aliphatic heterocycles. The van der Waals surface area contributed by atoms with Crippen molar-refractivity contribution in [3.63, 3.8) is 0 Å². The van der Waals surface area contributed by atoms with Crippen molar-refractivity contribution in [2.75, 3.05) is 19.6 Å². The number of hydrazine groups is 1. The van der Waals surface area contributed by atoms with Gasteiger partial charge in [-0.2, -0.15) is 0 Å². The molecule has 1 saturated heterocycles. The number of piperidine rings is 1. The summed E-state index contributed by atoms with van der Waals surface area (Å²) in [6, 6.07) is 0. The number of thiazole rings is 1.